The number of carbonyl (C=O) groups is 3. The van der Waals surface area contributed by atoms with Crippen LogP contribution in [0.5, 0.6) is 0 Å². The van der Waals surface area contributed by atoms with Crippen LogP contribution in [0.3, 0.4) is 0 Å². The molecule has 2 unspecified atom stereocenters. The zero-order valence-electron chi connectivity index (χ0n) is 22.3. The zero-order chi connectivity index (χ0) is 29.5. The van der Waals surface area contributed by atoms with Gasteiger partial charge in [0.25, 0.3) is 5.91 Å². The smallest absolute Gasteiger partial charge is 0.433 e. The van der Waals surface area contributed by atoms with Crippen molar-refractivity contribution in [1.82, 2.24) is 19.7 Å². The number of ketones is 1. The Balaban J connectivity index is 2.02. The van der Waals surface area contributed by atoms with Crippen molar-refractivity contribution in [2.24, 2.45) is 16.7 Å². The Hall–Kier alpha value is -2.66. The van der Waals surface area contributed by atoms with Crippen LogP contribution >= 0.6 is 23.2 Å². The predicted octanol–water partition coefficient (Wildman–Crippen LogP) is 6.43. The lowest BCUT2D eigenvalue weighted by Crippen LogP contribution is -2.42. The van der Waals surface area contributed by atoms with Crippen LogP contribution in [-0.4, -0.2) is 55.5 Å². The lowest BCUT2D eigenvalue weighted by atomic mass is 9.67. The minimum atomic E-state index is -4.94. The Morgan fingerprint density at radius 3 is 2.18 bits per heavy atom. The zero-order valence-corrected chi connectivity index (χ0v) is 23.8. The molecule has 13 heteroatoms. The van der Waals surface area contributed by atoms with E-state index in [1.807, 2.05) is 0 Å². The fraction of sp³-hybridized carbons (Fsp3) is 0.577. The highest BCUT2D eigenvalue weighted by molar-refractivity contribution is 6.39. The van der Waals surface area contributed by atoms with Crippen LogP contribution in [-0.2, 0) is 11.0 Å². The number of hydrogen-bond acceptors (Lipinski definition) is 5. The van der Waals surface area contributed by atoms with E-state index in [0.29, 0.717) is 0 Å². The molecule has 0 aliphatic heterocycles. The summed E-state index contributed by atoms with van der Waals surface area (Å²) in [6.45, 7) is 8.12. The quantitative estimate of drug-likeness (QED) is 0.373. The summed E-state index contributed by atoms with van der Waals surface area (Å²) in [5.74, 6) is -3.38. The summed E-state index contributed by atoms with van der Waals surface area (Å²) in [5, 5.41) is 13.4. The van der Waals surface area contributed by atoms with Crippen molar-refractivity contribution in [1.29, 1.82) is 0 Å². The van der Waals surface area contributed by atoms with Crippen molar-refractivity contribution >= 4 is 40.9 Å². The molecule has 8 nitrogen and oxygen atoms in total. The number of nitrogens with zero attached hydrogens (tertiary/aromatic N) is 4. The van der Waals surface area contributed by atoms with Crippen molar-refractivity contribution in [3.63, 3.8) is 0 Å². The molecular formula is C26H31Cl2F3N4O4. The number of amides is 1. The van der Waals surface area contributed by atoms with Gasteiger partial charge < -0.3 is 10.0 Å². The number of rotatable bonds is 7. The average molecular weight is 591 g/mol. The molecule has 2 atom stereocenters. The van der Waals surface area contributed by atoms with Crippen molar-refractivity contribution < 1.29 is 32.7 Å². The predicted molar refractivity (Wildman–Crippen MR) is 139 cm³/mol. The summed E-state index contributed by atoms with van der Waals surface area (Å²) >= 11 is 12.2. The molecule has 3 rings (SSSR count). The van der Waals surface area contributed by atoms with Gasteiger partial charge in [-0.3, -0.25) is 24.0 Å². The number of pyridine rings is 1. The molecule has 2 heterocycles. The first-order valence-electron chi connectivity index (χ1n) is 12.3. The van der Waals surface area contributed by atoms with Crippen LogP contribution in [0, 0.1) is 16.7 Å². The second kappa shape index (κ2) is 11.1. The maximum atomic E-state index is 14.5. The molecule has 1 N–H and O–H groups in total. The molecule has 1 fully saturated rings. The first kappa shape index (κ1) is 30.9. The highest BCUT2D eigenvalue weighted by atomic mass is 35.5. The first-order chi connectivity index (χ1) is 17.8. The largest absolute Gasteiger partial charge is 0.481 e. The summed E-state index contributed by atoms with van der Waals surface area (Å²) in [6, 6.07) is -0.763. The maximum absolute atomic E-state index is 14.5. The fourth-order valence-electron chi connectivity index (χ4n) is 5.22. The second-order valence-electron chi connectivity index (χ2n) is 11.8. The second-order valence-corrected chi connectivity index (χ2v) is 12.6. The number of carboxylic acid groups (broad SMARTS) is 1. The number of Topliss-reactive ketones (excluding diaryl/α,β-unsaturated/α-hetero) is 1. The Kier molecular flexibility index (Phi) is 8.77. The molecular weight excluding hydrogens is 560 g/mol. The van der Waals surface area contributed by atoms with Gasteiger partial charge in [-0.15, -0.1) is 0 Å². The van der Waals surface area contributed by atoms with E-state index in [1.54, 1.807) is 34.6 Å². The molecule has 1 aliphatic carbocycles. The molecule has 2 aromatic heterocycles. The van der Waals surface area contributed by atoms with Crippen LogP contribution in [0.15, 0.2) is 18.6 Å². The van der Waals surface area contributed by atoms with E-state index in [1.165, 1.54) is 12.4 Å². The highest BCUT2D eigenvalue weighted by Crippen LogP contribution is 2.47. The third-order valence-electron chi connectivity index (χ3n) is 6.85. The van der Waals surface area contributed by atoms with E-state index in [-0.39, 0.29) is 41.4 Å². The fourth-order valence-corrected chi connectivity index (χ4v) is 5.79. The maximum Gasteiger partial charge on any atom is 0.433 e. The van der Waals surface area contributed by atoms with Gasteiger partial charge in [-0.25, -0.2) is 0 Å². The minimum Gasteiger partial charge on any atom is -0.481 e. The van der Waals surface area contributed by atoms with Crippen molar-refractivity contribution in [2.45, 2.75) is 66.1 Å². The monoisotopic (exact) mass is 590 g/mol. The Labute approximate surface area is 234 Å². The standard InChI is InChI=1S/C26H31Cl2F3N4O4/c1-24(2,3)13-34(12-19(36)20-17(27)10-32-11-18(20)28)22(37)15-9-33-35(21(15)26(29,30)31)14-6-7-16(23(38)39)25(4,5)8-14/h9-11,14,16H,6-8,12-13H2,1-5H3,(H,38,39). The molecule has 1 amide bonds. The SMILES string of the molecule is CC(C)(C)CN(CC(=O)c1c(Cl)cncc1Cl)C(=O)c1cnn(C2CCC(C(=O)O)C(C)(C)C2)c1C(F)(F)F. The molecule has 0 aromatic carbocycles. The first-order valence-corrected chi connectivity index (χ1v) is 13.1. The third-order valence-corrected chi connectivity index (χ3v) is 7.42. The van der Waals surface area contributed by atoms with Gasteiger partial charge in [-0.2, -0.15) is 18.3 Å². The summed E-state index contributed by atoms with van der Waals surface area (Å²) in [4.78, 5) is 43.3. The normalized spacial score (nSPS) is 19.5. The van der Waals surface area contributed by atoms with Gasteiger partial charge in [0, 0.05) is 18.9 Å². The molecule has 0 spiro atoms. The lowest BCUT2D eigenvalue weighted by molar-refractivity contribution is -0.151. The minimum absolute atomic E-state index is 0.0426. The van der Waals surface area contributed by atoms with E-state index >= 15 is 0 Å². The molecule has 0 saturated heterocycles. The van der Waals surface area contributed by atoms with E-state index in [9.17, 15) is 32.7 Å². The van der Waals surface area contributed by atoms with E-state index < -0.39 is 64.4 Å². The topological polar surface area (TPSA) is 105 Å². The molecule has 39 heavy (non-hydrogen) atoms. The van der Waals surface area contributed by atoms with Crippen molar-refractivity contribution in [2.75, 3.05) is 13.1 Å². The highest BCUT2D eigenvalue weighted by Gasteiger charge is 2.47. The number of hydrogen-bond donors (Lipinski definition) is 1. The van der Waals surface area contributed by atoms with Gasteiger partial charge in [0.05, 0.1) is 45.9 Å². The summed E-state index contributed by atoms with van der Waals surface area (Å²) < 4.78 is 44.2. The molecule has 214 valence electrons. The van der Waals surface area contributed by atoms with Gasteiger partial charge in [0.15, 0.2) is 11.5 Å². The summed E-state index contributed by atoms with van der Waals surface area (Å²) in [7, 11) is 0. The molecule has 2 aromatic rings. The van der Waals surface area contributed by atoms with Crippen LogP contribution in [0.1, 0.15) is 86.3 Å². The molecule has 1 saturated carbocycles. The van der Waals surface area contributed by atoms with Crippen LogP contribution < -0.4 is 0 Å². The van der Waals surface area contributed by atoms with E-state index in [0.717, 1.165) is 15.8 Å². The van der Waals surface area contributed by atoms with Gasteiger partial charge in [0.1, 0.15) is 0 Å². The molecule has 0 radical (unpaired) electrons. The number of alkyl halides is 3. The van der Waals surface area contributed by atoms with Crippen molar-refractivity contribution in [3.05, 3.63) is 45.5 Å². The summed E-state index contributed by atoms with van der Waals surface area (Å²) in [6.07, 6.45) is -1.19. The Bertz CT molecular complexity index is 1250. The van der Waals surface area contributed by atoms with Gasteiger partial charge in [-0.05, 0) is 30.1 Å². The summed E-state index contributed by atoms with van der Waals surface area (Å²) in [5.41, 5.74) is -3.36. The Morgan fingerprint density at radius 1 is 1.10 bits per heavy atom. The van der Waals surface area contributed by atoms with Crippen LogP contribution in [0.25, 0.3) is 0 Å². The van der Waals surface area contributed by atoms with E-state index in [2.05, 4.69) is 10.1 Å². The molecule has 1 aliphatic rings. The van der Waals surface area contributed by atoms with Gasteiger partial charge in [-0.1, -0.05) is 57.8 Å². The third kappa shape index (κ3) is 6.92. The number of carboxylic acids is 1. The number of halogens is 5. The van der Waals surface area contributed by atoms with Crippen LogP contribution in [0.2, 0.25) is 10.0 Å². The van der Waals surface area contributed by atoms with Gasteiger partial charge >= 0.3 is 12.1 Å². The number of aromatic nitrogens is 3. The van der Waals surface area contributed by atoms with Crippen molar-refractivity contribution in [3.8, 4) is 0 Å². The lowest BCUT2D eigenvalue weighted by Gasteiger charge is -2.40. The van der Waals surface area contributed by atoms with Crippen LogP contribution in [0.4, 0.5) is 13.2 Å². The number of aliphatic carboxylic acids is 1. The average Bonchev–Trinajstić information content (AvgIpc) is 3.22. The number of carbonyl (C=O) groups excluding carboxylic acids is 2. The van der Waals surface area contributed by atoms with E-state index in [4.69, 9.17) is 23.2 Å². The van der Waals surface area contributed by atoms with Gasteiger partial charge in [0.2, 0.25) is 0 Å². The molecule has 0 bridgehead atoms. The Morgan fingerprint density at radius 2 is 1.69 bits per heavy atom.